The molecule has 102 valence electrons. The van der Waals surface area contributed by atoms with Crippen LogP contribution in [0.2, 0.25) is 0 Å². The highest BCUT2D eigenvalue weighted by Gasteiger charge is 2.31. The largest absolute Gasteiger partial charge is 0.370 e. The lowest BCUT2D eigenvalue weighted by molar-refractivity contribution is -0.124. The zero-order chi connectivity index (χ0) is 13.3. The van der Waals surface area contributed by atoms with E-state index in [-0.39, 0.29) is 31.3 Å². The van der Waals surface area contributed by atoms with E-state index in [1.54, 1.807) is 0 Å². The van der Waals surface area contributed by atoms with Crippen LogP contribution < -0.4 is 0 Å². The molecule has 0 heterocycles. The second kappa shape index (κ2) is 8.56. The Morgan fingerprint density at radius 1 is 1.24 bits per heavy atom. The van der Waals surface area contributed by atoms with Crippen molar-refractivity contribution in [1.82, 2.24) is 0 Å². The molecule has 0 bridgehead atoms. The SMILES string of the molecule is CC.CC(=O)COC1CCCCC(F)(F)CC1. The Labute approximate surface area is 103 Å². The van der Waals surface area contributed by atoms with E-state index >= 15 is 0 Å². The van der Waals surface area contributed by atoms with Gasteiger partial charge in [-0.2, -0.15) is 0 Å². The lowest BCUT2D eigenvalue weighted by Crippen LogP contribution is -2.25. The van der Waals surface area contributed by atoms with E-state index in [0.29, 0.717) is 12.8 Å². The number of Topliss-reactive ketones (excluding diaryl/α,β-unsaturated/α-hetero) is 1. The zero-order valence-electron chi connectivity index (χ0n) is 11.1. The quantitative estimate of drug-likeness (QED) is 0.757. The van der Waals surface area contributed by atoms with Gasteiger partial charge in [-0.3, -0.25) is 4.79 Å². The maximum atomic E-state index is 13.1. The highest BCUT2D eigenvalue weighted by Crippen LogP contribution is 2.31. The number of carbonyl (C=O) groups excluding carboxylic acids is 1. The van der Waals surface area contributed by atoms with E-state index in [2.05, 4.69) is 0 Å². The molecule has 0 aliphatic heterocycles. The van der Waals surface area contributed by atoms with E-state index in [1.165, 1.54) is 6.92 Å². The number of rotatable bonds is 3. The van der Waals surface area contributed by atoms with Gasteiger partial charge in [0.1, 0.15) is 6.61 Å². The number of halogens is 2. The van der Waals surface area contributed by atoms with Gasteiger partial charge in [0.05, 0.1) is 6.10 Å². The van der Waals surface area contributed by atoms with Crippen molar-refractivity contribution in [2.45, 2.75) is 71.3 Å². The Balaban J connectivity index is 0.00000121. The number of hydrogen-bond donors (Lipinski definition) is 0. The van der Waals surface area contributed by atoms with Crippen LogP contribution in [0, 0.1) is 0 Å². The molecule has 0 radical (unpaired) electrons. The van der Waals surface area contributed by atoms with Gasteiger partial charge in [0.2, 0.25) is 5.92 Å². The number of ketones is 1. The van der Waals surface area contributed by atoms with Crippen LogP contribution in [0.1, 0.15) is 59.3 Å². The average molecular weight is 250 g/mol. The summed E-state index contributed by atoms with van der Waals surface area (Å²) in [6.45, 7) is 5.49. The van der Waals surface area contributed by atoms with Crippen molar-refractivity contribution in [3.8, 4) is 0 Å². The van der Waals surface area contributed by atoms with Crippen LogP contribution in [0.25, 0.3) is 0 Å². The molecular formula is C13H24F2O2. The molecular weight excluding hydrogens is 226 g/mol. The van der Waals surface area contributed by atoms with Gasteiger partial charge in [0.25, 0.3) is 0 Å². The summed E-state index contributed by atoms with van der Waals surface area (Å²) in [5.74, 6) is -2.60. The summed E-state index contributed by atoms with van der Waals surface area (Å²) < 4.78 is 31.5. The highest BCUT2D eigenvalue weighted by atomic mass is 19.3. The molecule has 17 heavy (non-hydrogen) atoms. The molecule has 0 amide bonds. The standard InChI is InChI=1S/C11H18F2O2.C2H6/c1-9(14)8-15-10-4-2-3-6-11(12,13)7-5-10;1-2/h10H,2-8H2,1H3;1-2H3. The summed E-state index contributed by atoms with van der Waals surface area (Å²) in [5.41, 5.74) is 0. The van der Waals surface area contributed by atoms with E-state index < -0.39 is 5.92 Å². The molecule has 4 heteroatoms. The van der Waals surface area contributed by atoms with Crippen LogP contribution in [-0.4, -0.2) is 24.4 Å². The van der Waals surface area contributed by atoms with Crippen LogP contribution in [0.3, 0.4) is 0 Å². The molecule has 2 nitrogen and oxygen atoms in total. The second-order valence-corrected chi connectivity index (χ2v) is 4.28. The normalized spacial score (nSPS) is 23.9. The lowest BCUT2D eigenvalue weighted by Gasteiger charge is -2.24. The predicted octanol–water partition coefficient (Wildman–Crippen LogP) is 3.98. The van der Waals surface area contributed by atoms with Crippen molar-refractivity contribution in [3.63, 3.8) is 0 Å². The molecule has 1 fully saturated rings. The van der Waals surface area contributed by atoms with Gasteiger partial charge in [-0.1, -0.05) is 20.3 Å². The molecule has 0 aromatic rings. The molecule has 0 aromatic carbocycles. The monoisotopic (exact) mass is 250 g/mol. The molecule has 0 spiro atoms. The molecule has 1 aliphatic rings. The Morgan fingerprint density at radius 3 is 2.47 bits per heavy atom. The van der Waals surface area contributed by atoms with Gasteiger partial charge < -0.3 is 4.74 Å². The van der Waals surface area contributed by atoms with E-state index in [4.69, 9.17) is 4.74 Å². The maximum Gasteiger partial charge on any atom is 0.248 e. The minimum absolute atomic E-state index is 0.00751. The molecule has 1 atom stereocenters. The number of hydrogen-bond acceptors (Lipinski definition) is 2. The Bertz CT molecular complexity index is 217. The van der Waals surface area contributed by atoms with Gasteiger partial charge in [0, 0.05) is 12.8 Å². The van der Waals surface area contributed by atoms with Gasteiger partial charge in [-0.15, -0.1) is 0 Å². The van der Waals surface area contributed by atoms with Crippen molar-refractivity contribution < 1.29 is 18.3 Å². The number of ether oxygens (including phenoxy) is 1. The van der Waals surface area contributed by atoms with Gasteiger partial charge in [-0.25, -0.2) is 8.78 Å². The van der Waals surface area contributed by atoms with Crippen LogP contribution >= 0.6 is 0 Å². The van der Waals surface area contributed by atoms with E-state index in [0.717, 1.165) is 12.8 Å². The summed E-state index contributed by atoms with van der Waals surface area (Å²) in [7, 11) is 0. The van der Waals surface area contributed by atoms with Gasteiger partial charge >= 0.3 is 0 Å². The van der Waals surface area contributed by atoms with E-state index in [9.17, 15) is 13.6 Å². The van der Waals surface area contributed by atoms with Crippen LogP contribution in [0.4, 0.5) is 8.78 Å². The van der Waals surface area contributed by atoms with Crippen molar-refractivity contribution in [2.75, 3.05) is 6.61 Å². The summed E-state index contributed by atoms with van der Waals surface area (Å²) in [5, 5.41) is 0. The fourth-order valence-corrected chi connectivity index (χ4v) is 1.80. The third-order valence-electron chi connectivity index (χ3n) is 2.67. The zero-order valence-corrected chi connectivity index (χ0v) is 11.1. The third kappa shape index (κ3) is 8.25. The molecule has 1 saturated carbocycles. The topological polar surface area (TPSA) is 26.3 Å². The highest BCUT2D eigenvalue weighted by molar-refractivity contribution is 5.76. The fraction of sp³-hybridized carbons (Fsp3) is 0.923. The fourth-order valence-electron chi connectivity index (χ4n) is 1.80. The number of alkyl halides is 2. The summed E-state index contributed by atoms with van der Waals surface area (Å²) in [6, 6.07) is 0. The smallest absolute Gasteiger partial charge is 0.248 e. The molecule has 1 unspecified atom stereocenters. The van der Waals surface area contributed by atoms with Gasteiger partial charge in [0.15, 0.2) is 5.78 Å². The number of carbonyl (C=O) groups is 1. The summed E-state index contributed by atoms with van der Waals surface area (Å²) in [4.78, 5) is 10.7. The molecule has 1 aliphatic carbocycles. The third-order valence-corrected chi connectivity index (χ3v) is 2.67. The first-order valence-electron chi connectivity index (χ1n) is 6.48. The maximum absolute atomic E-state index is 13.1. The molecule has 0 N–H and O–H groups in total. The first kappa shape index (κ1) is 16.5. The molecule has 1 rings (SSSR count). The Morgan fingerprint density at radius 2 is 1.88 bits per heavy atom. The first-order chi connectivity index (χ1) is 7.99. The van der Waals surface area contributed by atoms with Crippen molar-refractivity contribution >= 4 is 5.78 Å². The van der Waals surface area contributed by atoms with Gasteiger partial charge in [-0.05, 0) is 26.2 Å². The molecule has 0 aromatic heterocycles. The predicted molar refractivity (Wildman–Crippen MR) is 64.4 cm³/mol. The van der Waals surface area contributed by atoms with Crippen LogP contribution in [0.15, 0.2) is 0 Å². The first-order valence-corrected chi connectivity index (χ1v) is 6.48. The van der Waals surface area contributed by atoms with E-state index in [1.807, 2.05) is 13.8 Å². The van der Waals surface area contributed by atoms with Crippen molar-refractivity contribution in [3.05, 3.63) is 0 Å². The van der Waals surface area contributed by atoms with Crippen LogP contribution in [0.5, 0.6) is 0 Å². The van der Waals surface area contributed by atoms with Crippen molar-refractivity contribution in [1.29, 1.82) is 0 Å². The minimum Gasteiger partial charge on any atom is -0.370 e. The minimum atomic E-state index is -2.54. The summed E-state index contributed by atoms with van der Waals surface area (Å²) >= 11 is 0. The second-order valence-electron chi connectivity index (χ2n) is 4.28. The Kier molecular flexibility index (Phi) is 8.30. The van der Waals surface area contributed by atoms with Crippen LogP contribution in [-0.2, 0) is 9.53 Å². The Hall–Kier alpha value is -0.510. The average Bonchev–Trinajstić information content (AvgIpc) is 2.27. The van der Waals surface area contributed by atoms with Crippen molar-refractivity contribution in [2.24, 2.45) is 0 Å². The molecule has 0 saturated heterocycles. The summed E-state index contributed by atoms with van der Waals surface area (Å²) in [6.07, 6.45) is 2.18. The lowest BCUT2D eigenvalue weighted by atomic mass is 9.96.